The molecule has 0 aromatic heterocycles. The van der Waals surface area contributed by atoms with Crippen LogP contribution in [0.15, 0.2) is 0 Å². The van der Waals surface area contributed by atoms with Gasteiger partial charge in [-0.25, -0.2) is 0 Å². The molecule has 0 spiro atoms. The maximum absolute atomic E-state index is 9.49. The van der Waals surface area contributed by atoms with E-state index in [9.17, 15) is 5.11 Å². The zero-order valence-corrected chi connectivity index (χ0v) is 9.38. The average Bonchev–Trinajstić information content (AvgIpc) is 2.13. The minimum Gasteiger partial charge on any atom is -0.390 e. The van der Waals surface area contributed by atoms with Gasteiger partial charge in [-0.15, -0.1) is 0 Å². The number of aliphatic hydroxyl groups is 1. The van der Waals surface area contributed by atoms with Crippen LogP contribution in [0.1, 0.15) is 33.1 Å². The second-order valence-corrected chi connectivity index (χ2v) is 4.85. The predicted molar refractivity (Wildman–Crippen MR) is 57.3 cm³/mol. The van der Waals surface area contributed by atoms with Crippen molar-refractivity contribution < 1.29 is 9.84 Å². The summed E-state index contributed by atoms with van der Waals surface area (Å²) in [6.45, 7) is 7.43. The number of rotatable bonds is 5. The molecular formula is C11H23NO2. The molecule has 0 aromatic rings. The van der Waals surface area contributed by atoms with Crippen LogP contribution in [0, 0.1) is 5.92 Å². The summed E-state index contributed by atoms with van der Waals surface area (Å²) in [5, 5.41) is 12.9. The molecule has 1 aliphatic heterocycles. The molecule has 1 heterocycles. The molecule has 1 atom stereocenters. The van der Waals surface area contributed by atoms with Gasteiger partial charge in [-0.05, 0) is 45.6 Å². The molecule has 3 nitrogen and oxygen atoms in total. The normalized spacial score (nSPS) is 23.8. The zero-order valence-electron chi connectivity index (χ0n) is 9.38. The fourth-order valence-corrected chi connectivity index (χ4v) is 1.67. The topological polar surface area (TPSA) is 41.5 Å². The molecule has 0 radical (unpaired) electrons. The molecule has 3 heteroatoms. The molecule has 1 unspecified atom stereocenters. The van der Waals surface area contributed by atoms with Crippen LogP contribution < -0.4 is 5.32 Å². The van der Waals surface area contributed by atoms with Crippen LogP contribution >= 0.6 is 0 Å². The van der Waals surface area contributed by atoms with Gasteiger partial charge in [-0.1, -0.05) is 0 Å². The van der Waals surface area contributed by atoms with E-state index in [-0.39, 0.29) is 0 Å². The van der Waals surface area contributed by atoms with Crippen LogP contribution in [0.3, 0.4) is 0 Å². The van der Waals surface area contributed by atoms with Gasteiger partial charge in [0, 0.05) is 13.2 Å². The number of hydrogen-bond acceptors (Lipinski definition) is 3. The van der Waals surface area contributed by atoms with E-state index < -0.39 is 5.60 Å². The van der Waals surface area contributed by atoms with Gasteiger partial charge in [0.1, 0.15) is 0 Å². The summed E-state index contributed by atoms with van der Waals surface area (Å²) < 4.78 is 5.39. The molecule has 0 bridgehead atoms. The lowest BCUT2D eigenvalue weighted by molar-refractivity contribution is 0.0515. The molecule has 84 valence electrons. The largest absolute Gasteiger partial charge is 0.390 e. The number of nitrogens with one attached hydrogen (secondary N) is 1. The summed E-state index contributed by atoms with van der Waals surface area (Å²) in [5.74, 6) is 0.672. The second kappa shape index (κ2) is 5.69. The maximum atomic E-state index is 9.49. The molecule has 0 amide bonds. The Labute approximate surface area is 86.8 Å². The van der Waals surface area contributed by atoms with Crippen molar-refractivity contribution in [2.75, 3.05) is 26.3 Å². The first-order valence-electron chi connectivity index (χ1n) is 5.59. The third kappa shape index (κ3) is 5.58. The van der Waals surface area contributed by atoms with E-state index in [1.54, 1.807) is 0 Å². The van der Waals surface area contributed by atoms with Crippen LogP contribution in [-0.4, -0.2) is 37.0 Å². The Morgan fingerprint density at radius 1 is 1.50 bits per heavy atom. The Balaban J connectivity index is 1.97. The summed E-state index contributed by atoms with van der Waals surface area (Å²) in [7, 11) is 0. The van der Waals surface area contributed by atoms with Gasteiger partial charge in [0.05, 0.1) is 12.2 Å². The molecule has 0 saturated carbocycles. The van der Waals surface area contributed by atoms with Crippen molar-refractivity contribution in [2.45, 2.75) is 38.7 Å². The van der Waals surface area contributed by atoms with Crippen LogP contribution in [0.4, 0.5) is 0 Å². The van der Waals surface area contributed by atoms with Crippen molar-refractivity contribution >= 4 is 0 Å². The molecule has 2 N–H and O–H groups in total. The fourth-order valence-electron chi connectivity index (χ4n) is 1.67. The van der Waals surface area contributed by atoms with Crippen molar-refractivity contribution in [3.05, 3.63) is 0 Å². The molecule has 1 fully saturated rings. The van der Waals surface area contributed by atoms with Crippen molar-refractivity contribution in [1.82, 2.24) is 5.32 Å². The zero-order chi connectivity index (χ0) is 10.4. The number of hydrogen-bond donors (Lipinski definition) is 2. The van der Waals surface area contributed by atoms with Gasteiger partial charge in [0.15, 0.2) is 0 Å². The molecule has 0 aromatic carbocycles. The summed E-state index contributed by atoms with van der Waals surface area (Å²) >= 11 is 0. The van der Waals surface area contributed by atoms with Gasteiger partial charge in [0.2, 0.25) is 0 Å². The van der Waals surface area contributed by atoms with Crippen LogP contribution in [0.5, 0.6) is 0 Å². The summed E-state index contributed by atoms with van der Waals surface area (Å²) in [6, 6.07) is 0. The smallest absolute Gasteiger partial charge is 0.0603 e. The molecule has 14 heavy (non-hydrogen) atoms. The Morgan fingerprint density at radius 2 is 2.29 bits per heavy atom. The van der Waals surface area contributed by atoms with E-state index in [0.717, 1.165) is 32.7 Å². The molecule has 0 aliphatic carbocycles. The number of ether oxygens (including phenoxy) is 1. The molecule has 1 rings (SSSR count). The fraction of sp³-hybridized carbons (Fsp3) is 1.00. The Hall–Kier alpha value is -0.120. The molecule has 1 aliphatic rings. The van der Waals surface area contributed by atoms with Gasteiger partial charge in [0.25, 0.3) is 0 Å². The summed E-state index contributed by atoms with van der Waals surface area (Å²) in [4.78, 5) is 0. The third-order valence-electron chi connectivity index (χ3n) is 2.60. The van der Waals surface area contributed by atoms with Crippen molar-refractivity contribution in [1.29, 1.82) is 0 Å². The van der Waals surface area contributed by atoms with Gasteiger partial charge in [-0.2, -0.15) is 0 Å². The van der Waals surface area contributed by atoms with Crippen LogP contribution in [0.25, 0.3) is 0 Å². The van der Waals surface area contributed by atoms with Gasteiger partial charge in [-0.3, -0.25) is 0 Å². The van der Waals surface area contributed by atoms with E-state index in [0.29, 0.717) is 5.92 Å². The highest BCUT2D eigenvalue weighted by molar-refractivity contribution is 4.69. The SMILES string of the molecule is CC(C)(O)CCNCC1CCCOC1. The van der Waals surface area contributed by atoms with E-state index in [2.05, 4.69) is 5.32 Å². The van der Waals surface area contributed by atoms with Crippen LogP contribution in [-0.2, 0) is 4.74 Å². The van der Waals surface area contributed by atoms with E-state index in [4.69, 9.17) is 4.74 Å². The predicted octanol–water partition coefficient (Wildman–Crippen LogP) is 1.16. The van der Waals surface area contributed by atoms with E-state index >= 15 is 0 Å². The Bertz CT molecular complexity index is 148. The highest BCUT2D eigenvalue weighted by Crippen LogP contribution is 2.12. The first-order chi connectivity index (χ1) is 6.58. The highest BCUT2D eigenvalue weighted by atomic mass is 16.5. The minimum atomic E-state index is -0.546. The molecule has 1 saturated heterocycles. The van der Waals surface area contributed by atoms with E-state index in [1.165, 1.54) is 12.8 Å². The lowest BCUT2D eigenvalue weighted by atomic mass is 10.0. The third-order valence-corrected chi connectivity index (χ3v) is 2.60. The Morgan fingerprint density at radius 3 is 2.86 bits per heavy atom. The second-order valence-electron chi connectivity index (χ2n) is 4.85. The lowest BCUT2D eigenvalue weighted by Crippen LogP contribution is -2.32. The summed E-state index contributed by atoms with van der Waals surface area (Å²) in [5.41, 5.74) is -0.546. The first kappa shape index (κ1) is 12.0. The van der Waals surface area contributed by atoms with Gasteiger partial charge < -0.3 is 15.2 Å². The van der Waals surface area contributed by atoms with Gasteiger partial charge >= 0.3 is 0 Å². The standard InChI is InChI=1S/C11H23NO2/c1-11(2,13)5-6-12-8-10-4-3-7-14-9-10/h10,12-13H,3-9H2,1-2H3. The van der Waals surface area contributed by atoms with Crippen molar-refractivity contribution in [2.24, 2.45) is 5.92 Å². The maximum Gasteiger partial charge on any atom is 0.0603 e. The van der Waals surface area contributed by atoms with Crippen LogP contribution in [0.2, 0.25) is 0 Å². The van der Waals surface area contributed by atoms with E-state index in [1.807, 2.05) is 13.8 Å². The van der Waals surface area contributed by atoms with Crippen molar-refractivity contribution in [3.63, 3.8) is 0 Å². The Kier molecular flexibility index (Phi) is 4.85. The highest BCUT2D eigenvalue weighted by Gasteiger charge is 2.14. The minimum absolute atomic E-state index is 0.546. The monoisotopic (exact) mass is 201 g/mol. The average molecular weight is 201 g/mol. The van der Waals surface area contributed by atoms with Crippen molar-refractivity contribution in [3.8, 4) is 0 Å². The summed E-state index contributed by atoms with van der Waals surface area (Å²) in [6.07, 6.45) is 3.27. The lowest BCUT2D eigenvalue weighted by Gasteiger charge is -2.23. The quantitative estimate of drug-likeness (QED) is 0.656. The first-order valence-corrected chi connectivity index (χ1v) is 5.59. The molecular weight excluding hydrogens is 178 g/mol.